The predicted octanol–water partition coefficient (Wildman–Crippen LogP) is 2.66. The van der Waals surface area contributed by atoms with E-state index in [2.05, 4.69) is 0 Å². The van der Waals surface area contributed by atoms with E-state index in [1.165, 1.54) is 29.2 Å². The van der Waals surface area contributed by atoms with E-state index in [1.807, 2.05) is 0 Å². The molecule has 1 aromatic rings. The van der Waals surface area contributed by atoms with Crippen LogP contribution in [-0.2, 0) is 11.3 Å². The zero-order valence-electron chi connectivity index (χ0n) is 10.5. The topological polar surface area (TPSA) is 40.5 Å². The van der Waals surface area contributed by atoms with E-state index in [0.717, 1.165) is 0 Å². The summed E-state index contributed by atoms with van der Waals surface area (Å²) in [7, 11) is 0. The summed E-state index contributed by atoms with van der Waals surface area (Å²) in [5.41, 5.74) is -2.05. The Morgan fingerprint density at radius 3 is 2.35 bits per heavy atom. The van der Waals surface area contributed by atoms with E-state index in [1.54, 1.807) is 0 Å². The first-order valence-corrected chi connectivity index (χ1v) is 6.01. The second-order valence-corrected chi connectivity index (χ2v) is 4.97. The predicted molar refractivity (Wildman–Crippen MR) is 62.4 cm³/mol. The molecule has 20 heavy (non-hydrogen) atoms. The third-order valence-corrected chi connectivity index (χ3v) is 3.62. The third kappa shape index (κ3) is 2.63. The highest BCUT2D eigenvalue weighted by Crippen LogP contribution is 2.45. The molecule has 1 heterocycles. The third-order valence-electron chi connectivity index (χ3n) is 3.62. The molecule has 1 atom stereocenters. The quantitative estimate of drug-likeness (QED) is 0.870. The van der Waals surface area contributed by atoms with Crippen LogP contribution < -0.4 is 0 Å². The number of aliphatic carboxylic acids is 1. The van der Waals surface area contributed by atoms with E-state index in [0.29, 0.717) is 5.56 Å². The molecule has 1 unspecified atom stereocenters. The first-order chi connectivity index (χ1) is 9.24. The first kappa shape index (κ1) is 14.8. The number of hydrogen-bond acceptors (Lipinski definition) is 2. The number of alkyl halides is 3. The molecule has 0 bridgehead atoms. The van der Waals surface area contributed by atoms with Gasteiger partial charge in [0, 0.05) is 19.6 Å². The molecule has 1 aromatic carbocycles. The fourth-order valence-corrected chi connectivity index (χ4v) is 2.40. The van der Waals surface area contributed by atoms with Gasteiger partial charge in [0.25, 0.3) is 0 Å². The number of carboxylic acids is 1. The van der Waals surface area contributed by atoms with Crippen LogP contribution in [0.15, 0.2) is 24.3 Å². The maximum absolute atomic E-state index is 13.0. The van der Waals surface area contributed by atoms with Crippen molar-refractivity contribution < 1.29 is 27.5 Å². The van der Waals surface area contributed by atoms with Crippen molar-refractivity contribution in [3.05, 3.63) is 35.6 Å². The summed E-state index contributed by atoms with van der Waals surface area (Å²) in [6.45, 7) is -0.363. The maximum atomic E-state index is 13.0. The molecule has 110 valence electrons. The van der Waals surface area contributed by atoms with Gasteiger partial charge >= 0.3 is 12.1 Å². The molecular weight excluding hydrogens is 278 g/mol. The van der Waals surface area contributed by atoms with E-state index in [4.69, 9.17) is 5.11 Å². The molecule has 0 amide bonds. The van der Waals surface area contributed by atoms with Gasteiger partial charge in [-0.3, -0.25) is 9.69 Å². The molecule has 1 N–H and O–H groups in total. The molecule has 2 rings (SSSR count). The molecule has 1 aliphatic heterocycles. The summed E-state index contributed by atoms with van der Waals surface area (Å²) >= 11 is 0. The summed E-state index contributed by atoms with van der Waals surface area (Å²) in [6.07, 6.45) is -5.25. The minimum Gasteiger partial charge on any atom is -0.481 e. The number of halogens is 4. The Kier molecular flexibility index (Phi) is 3.73. The van der Waals surface area contributed by atoms with Gasteiger partial charge in [-0.15, -0.1) is 0 Å². The summed E-state index contributed by atoms with van der Waals surface area (Å²) in [4.78, 5) is 12.4. The van der Waals surface area contributed by atoms with Gasteiger partial charge in [0.15, 0.2) is 5.41 Å². The van der Waals surface area contributed by atoms with Crippen LogP contribution in [0.5, 0.6) is 0 Å². The second kappa shape index (κ2) is 5.05. The van der Waals surface area contributed by atoms with E-state index >= 15 is 0 Å². The number of rotatable bonds is 3. The molecule has 0 aromatic heterocycles. The SMILES string of the molecule is O=C(O)C1(C(F)(F)F)CCN(Cc2ccc(F)cc2)C1. The lowest BCUT2D eigenvalue weighted by Crippen LogP contribution is -2.47. The molecule has 7 heteroatoms. The highest BCUT2D eigenvalue weighted by molar-refractivity contribution is 5.76. The lowest BCUT2D eigenvalue weighted by molar-refractivity contribution is -0.227. The molecule has 1 fully saturated rings. The van der Waals surface area contributed by atoms with Gasteiger partial charge in [0.2, 0.25) is 0 Å². The van der Waals surface area contributed by atoms with Crippen molar-refractivity contribution in [1.29, 1.82) is 0 Å². The van der Waals surface area contributed by atoms with Crippen LogP contribution in [0.2, 0.25) is 0 Å². The van der Waals surface area contributed by atoms with Gasteiger partial charge in [-0.2, -0.15) is 13.2 Å². The van der Waals surface area contributed by atoms with Gasteiger partial charge in [0.1, 0.15) is 5.82 Å². The van der Waals surface area contributed by atoms with E-state index in [-0.39, 0.29) is 13.1 Å². The number of benzene rings is 1. The smallest absolute Gasteiger partial charge is 0.406 e. The van der Waals surface area contributed by atoms with E-state index in [9.17, 15) is 22.4 Å². The Labute approximate surface area is 112 Å². The van der Waals surface area contributed by atoms with Crippen LogP contribution in [0.4, 0.5) is 17.6 Å². The highest BCUT2D eigenvalue weighted by Gasteiger charge is 2.63. The monoisotopic (exact) mass is 291 g/mol. The molecule has 0 saturated carbocycles. The molecule has 3 nitrogen and oxygen atoms in total. The summed E-state index contributed by atoms with van der Waals surface area (Å²) < 4.78 is 51.7. The maximum Gasteiger partial charge on any atom is 0.406 e. The van der Waals surface area contributed by atoms with Gasteiger partial charge in [-0.25, -0.2) is 4.39 Å². The molecular formula is C13H13F4NO2. The number of hydrogen-bond donors (Lipinski definition) is 1. The zero-order chi connectivity index (χ0) is 15.0. The second-order valence-electron chi connectivity index (χ2n) is 4.97. The van der Waals surface area contributed by atoms with Gasteiger partial charge in [-0.05, 0) is 24.1 Å². The van der Waals surface area contributed by atoms with Crippen molar-refractivity contribution in [3.63, 3.8) is 0 Å². The summed E-state index contributed by atoms with van der Waals surface area (Å²) in [6, 6.07) is 5.40. The fourth-order valence-electron chi connectivity index (χ4n) is 2.40. The standard InChI is InChI=1S/C13H13F4NO2/c14-10-3-1-9(2-4-10)7-18-6-5-12(8-18,11(19)20)13(15,16)17/h1-4H,5-8H2,(H,19,20). The lowest BCUT2D eigenvalue weighted by atomic mass is 9.86. The van der Waals surface area contributed by atoms with Crippen molar-refractivity contribution >= 4 is 5.97 Å². The van der Waals surface area contributed by atoms with Crippen LogP contribution in [0, 0.1) is 11.2 Å². The highest BCUT2D eigenvalue weighted by atomic mass is 19.4. The van der Waals surface area contributed by atoms with Crippen LogP contribution in [0.25, 0.3) is 0 Å². The molecule has 1 saturated heterocycles. The van der Waals surface area contributed by atoms with Crippen LogP contribution in [0.1, 0.15) is 12.0 Å². The number of carboxylic acid groups (broad SMARTS) is 1. The molecule has 1 aliphatic rings. The Bertz CT molecular complexity index is 500. The van der Waals surface area contributed by atoms with Gasteiger partial charge < -0.3 is 5.11 Å². The summed E-state index contributed by atoms with van der Waals surface area (Å²) in [5.74, 6) is -2.27. The summed E-state index contributed by atoms with van der Waals surface area (Å²) in [5, 5.41) is 8.92. The van der Waals surface area contributed by atoms with Crippen LogP contribution in [-0.4, -0.2) is 35.2 Å². The van der Waals surface area contributed by atoms with Crippen LogP contribution >= 0.6 is 0 Å². The van der Waals surface area contributed by atoms with Gasteiger partial charge in [-0.1, -0.05) is 12.1 Å². The van der Waals surface area contributed by atoms with Crippen molar-refractivity contribution in [2.24, 2.45) is 5.41 Å². The number of nitrogens with zero attached hydrogens (tertiary/aromatic N) is 1. The van der Waals surface area contributed by atoms with Crippen molar-refractivity contribution in [3.8, 4) is 0 Å². The minimum absolute atomic E-state index is 0.0448. The molecule has 0 spiro atoms. The van der Waals surface area contributed by atoms with Crippen molar-refractivity contribution in [2.75, 3.05) is 13.1 Å². The van der Waals surface area contributed by atoms with E-state index < -0.39 is 36.3 Å². The normalized spacial score (nSPS) is 24.0. The Hall–Kier alpha value is -1.63. The average molecular weight is 291 g/mol. The number of likely N-dealkylation sites (tertiary alicyclic amines) is 1. The Morgan fingerprint density at radius 2 is 1.90 bits per heavy atom. The molecule has 0 radical (unpaired) electrons. The Morgan fingerprint density at radius 1 is 1.30 bits per heavy atom. The van der Waals surface area contributed by atoms with Crippen LogP contribution in [0.3, 0.4) is 0 Å². The fraction of sp³-hybridized carbons (Fsp3) is 0.462. The lowest BCUT2D eigenvalue weighted by Gasteiger charge is -2.27. The first-order valence-electron chi connectivity index (χ1n) is 6.01. The number of carbonyl (C=O) groups is 1. The van der Waals surface area contributed by atoms with Crippen molar-refractivity contribution in [2.45, 2.75) is 19.1 Å². The average Bonchev–Trinajstić information content (AvgIpc) is 2.77. The largest absolute Gasteiger partial charge is 0.481 e. The van der Waals surface area contributed by atoms with Gasteiger partial charge in [0.05, 0.1) is 0 Å². The zero-order valence-corrected chi connectivity index (χ0v) is 10.5. The minimum atomic E-state index is -4.78. The Balaban J connectivity index is 2.11. The van der Waals surface area contributed by atoms with Crippen molar-refractivity contribution in [1.82, 2.24) is 4.90 Å². The molecule has 0 aliphatic carbocycles.